The Kier molecular flexibility index (Phi) is 7.39. The summed E-state index contributed by atoms with van der Waals surface area (Å²) < 4.78 is 27.3. The largest absolute Gasteiger partial charge is 0.372 e. The number of carbonyl (C=O) groups is 1. The molecule has 162 valence electrons. The molecular formula is C22H28ClN3O3S. The first-order valence-electron chi connectivity index (χ1n) is 10.3. The Bertz CT molecular complexity index is 958. The molecule has 1 aliphatic rings. The normalized spacial score (nSPS) is 17.1. The minimum absolute atomic E-state index is 0.151. The van der Waals surface area contributed by atoms with Crippen LogP contribution in [0.4, 0.5) is 5.69 Å². The van der Waals surface area contributed by atoms with Gasteiger partial charge in [0, 0.05) is 36.9 Å². The molecule has 0 saturated carbocycles. The first kappa shape index (κ1) is 22.6. The molecule has 1 unspecified atom stereocenters. The Balaban J connectivity index is 1.65. The van der Waals surface area contributed by atoms with Crippen LogP contribution in [0.5, 0.6) is 0 Å². The first-order chi connectivity index (χ1) is 14.4. The summed E-state index contributed by atoms with van der Waals surface area (Å²) in [6, 6.07) is 13.4. The second kappa shape index (κ2) is 9.81. The van der Waals surface area contributed by atoms with Gasteiger partial charge in [0.1, 0.15) is 6.04 Å². The van der Waals surface area contributed by atoms with E-state index in [1.54, 1.807) is 12.1 Å². The number of benzene rings is 2. The van der Waals surface area contributed by atoms with Gasteiger partial charge in [-0.15, -0.1) is 0 Å². The molecule has 8 heteroatoms. The molecular weight excluding hydrogens is 422 g/mol. The van der Waals surface area contributed by atoms with E-state index >= 15 is 0 Å². The second-order valence-electron chi connectivity index (χ2n) is 7.28. The molecule has 0 spiro atoms. The minimum atomic E-state index is -3.75. The molecule has 1 saturated heterocycles. The summed E-state index contributed by atoms with van der Waals surface area (Å²) in [6.07, 6.45) is 1.17. The molecule has 6 nitrogen and oxygen atoms in total. The van der Waals surface area contributed by atoms with E-state index in [0.29, 0.717) is 31.0 Å². The number of amides is 1. The average molecular weight is 450 g/mol. The Morgan fingerprint density at radius 3 is 2.33 bits per heavy atom. The van der Waals surface area contributed by atoms with Crippen LogP contribution in [0.1, 0.15) is 32.3 Å². The second-order valence-corrected chi connectivity index (χ2v) is 9.61. The minimum Gasteiger partial charge on any atom is -0.372 e. The van der Waals surface area contributed by atoms with Crippen LogP contribution in [-0.2, 0) is 21.4 Å². The molecule has 1 atom stereocenters. The average Bonchev–Trinajstić information content (AvgIpc) is 3.25. The predicted octanol–water partition coefficient (Wildman–Crippen LogP) is 3.66. The Morgan fingerprint density at radius 1 is 1.10 bits per heavy atom. The van der Waals surface area contributed by atoms with Gasteiger partial charge in [-0.25, -0.2) is 8.42 Å². The lowest BCUT2D eigenvalue weighted by Crippen LogP contribution is -2.45. The quantitative estimate of drug-likeness (QED) is 0.667. The lowest BCUT2D eigenvalue weighted by Gasteiger charge is -2.23. The van der Waals surface area contributed by atoms with Crippen LogP contribution in [0, 0.1) is 0 Å². The molecule has 1 aliphatic heterocycles. The van der Waals surface area contributed by atoms with E-state index in [-0.39, 0.29) is 10.8 Å². The lowest BCUT2D eigenvalue weighted by atomic mass is 10.1. The maximum Gasteiger partial charge on any atom is 0.243 e. The van der Waals surface area contributed by atoms with Gasteiger partial charge in [0.2, 0.25) is 15.9 Å². The summed E-state index contributed by atoms with van der Waals surface area (Å²) >= 11 is 5.87. The Hall–Kier alpha value is -2.09. The number of rotatable bonds is 8. The van der Waals surface area contributed by atoms with Crippen LogP contribution in [0.15, 0.2) is 53.4 Å². The predicted molar refractivity (Wildman–Crippen MR) is 120 cm³/mol. The summed E-state index contributed by atoms with van der Waals surface area (Å²) in [6.45, 7) is 6.80. The van der Waals surface area contributed by atoms with Crippen LogP contribution in [0.2, 0.25) is 5.02 Å². The van der Waals surface area contributed by atoms with Gasteiger partial charge in [-0.3, -0.25) is 4.79 Å². The van der Waals surface area contributed by atoms with Gasteiger partial charge in [0.05, 0.1) is 4.90 Å². The van der Waals surface area contributed by atoms with E-state index < -0.39 is 16.1 Å². The van der Waals surface area contributed by atoms with Crippen molar-refractivity contribution in [3.63, 3.8) is 0 Å². The fourth-order valence-corrected chi connectivity index (χ4v) is 5.53. The van der Waals surface area contributed by atoms with Crippen molar-refractivity contribution >= 4 is 33.2 Å². The van der Waals surface area contributed by atoms with Gasteiger partial charge in [0.15, 0.2) is 0 Å². The molecule has 1 N–H and O–H groups in total. The molecule has 1 heterocycles. The van der Waals surface area contributed by atoms with Crippen LogP contribution in [-0.4, -0.2) is 44.3 Å². The van der Waals surface area contributed by atoms with E-state index in [9.17, 15) is 13.2 Å². The number of nitrogens with one attached hydrogen (secondary N) is 1. The Morgan fingerprint density at radius 2 is 1.73 bits per heavy atom. The van der Waals surface area contributed by atoms with Crippen LogP contribution >= 0.6 is 11.6 Å². The number of hydrogen-bond donors (Lipinski definition) is 1. The Labute approximate surface area is 183 Å². The van der Waals surface area contributed by atoms with Crippen molar-refractivity contribution in [1.82, 2.24) is 9.62 Å². The molecule has 3 rings (SSSR count). The number of hydrogen-bond acceptors (Lipinski definition) is 4. The summed E-state index contributed by atoms with van der Waals surface area (Å²) in [7, 11) is -3.75. The zero-order chi connectivity index (χ0) is 21.7. The van der Waals surface area contributed by atoms with Crippen molar-refractivity contribution in [1.29, 1.82) is 0 Å². The lowest BCUT2D eigenvalue weighted by molar-refractivity contribution is -0.124. The van der Waals surface area contributed by atoms with Gasteiger partial charge in [-0.1, -0.05) is 23.7 Å². The van der Waals surface area contributed by atoms with Crippen molar-refractivity contribution in [2.24, 2.45) is 0 Å². The van der Waals surface area contributed by atoms with E-state index in [1.165, 1.54) is 16.4 Å². The van der Waals surface area contributed by atoms with Gasteiger partial charge in [-0.05, 0) is 68.7 Å². The smallest absolute Gasteiger partial charge is 0.243 e. The molecule has 1 amide bonds. The number of halogens is 1. The van der Waals surface area contributed by atoms with Crippen molar-refractivity contribution in [2.75, 3.05) is 24.5 Å². The highest BCUT2D eigenvalue weighted by Gasteiger charge is 2.39. The van der Waals surface area contributed by atoms with E-state index in [1.807, 2.05) is 24.3 Å². The fourth-order valence-electron chi connectivity index (χ4n) is 3.75. The van der Waals surface area contributed by atoms with Crippen molar-refractivity contribution in [3.05, 3.63) is 59.1 Å². The van der Waals surface area contributed by atoms with E-state index in [4.69, 9.17) is 11.6 Å². The summed E-state index contributed by atoms with van der Waals surface area (Å²) in [5.41, 5.74) is 2.12. The van der Waals surface area contributed by atoms with Crippen molar-refractivity contribution in [3.8, 4) is 0 Å². The van der Waals surface area contributed by atoms with Gasteiger partial charge in [-0.2, -0.15) is 4.31 Å². The highest BCUT2D eigenvalue weighted by molar-refractivity contribution is 7.89. The number of anilines is 1. The third kappa shape index (κ3) is 4.96. The SMILES string of the molecule is CCN(CC)c1ccc(CNC(=O)C2CCCN2S(=O)(=O)c2ccc(Cl)cc2)cc1. The maximum atomic E-state index is 13.0. The fraction of sp³-hybridized carbons (Fsp3) is 0.409. The molecule has 30 heavy (non-hydrogen) atoms. The van der Waals surface area contributed by atoms with Gasteiger partial charge >= 0.3 is 0 Å². The molecule has 0 radical (unpaired) electrons. The number of nitrogens with zero attached hydrogens (tertiary/aromatic N) is 2. The zero-order valence-corrected chi connectivity index (χ0v) is 18.9. The molecule has 0 bridgehead atoms. The molecule has 0 aliphatic carbocycles. The standard InChI is InChI=1S/C22H28ClN3O3S/c1-3-25(4-2)19-11-7-17(8-12-19)16-24-22(27)21-6-5-15-26(21)30(28,29)20-13-9-18(23)10-14-20/h7-14,21H,3-6,15-16H2,1-2H3,(H,24,27). The topological polar surface area (TPSA) is 69.7 Å². The summed E-state index contributed by atoms with van der Waals surface area (Å²) in [5.74, 6) is -0.266. The molecule has 0 aromatic heterocycles. The van der Waals surface area contributed by atoms with Crippen LogP contribution in [0.25, 0.3) is 0 Å². The van der Waals surface area contributed by atoms with Gasteiger partial charge in [0.25, 0.3) is 0 Å². The highest BCUT2D eigenvalue weighted by atomic mass is 35.5. The van der Waals surface area contributed by atoms with Crippen molar-refractivity contribution < 1.29 is 13.2 Å². The summed E-state index contributed by atoms with van der Waals surface area (Å²) in [4.78, 5) is 15.2. The maximum absolute atomic E-state index is 13.0. The zero-order valence-electron chi connectivity index (χ0n) is 17.3. The molecule has 2 aromatic carbocycles. The van der Waals surface area contributed by atoms with Gasteiger partial charge < -0.3 is 10.2 Å². The molecule has 1 fully saturated rings. The highest BCUT2D eigenvalue weighted by Crippen LogP contribution is 2.27. The van der Waals surface area contributed by atoms with E-state index in [2.05, 4.69) is 24.1 Å². The summed E-state index contributed by atoms with van der Waals surface area (Å²) in [5, 5.41) is 3.37. The van der Waals surface area contributed by atoms with Crippen molar-refractivity contribution in [2.45, 2.75) is 44.2 Å². The third-order valence-corrected chi connectivity index (χ3v) is 7.63. The first-order valence-corrected chi connectivity index (χ1v) is 12.1. The third-order valence-electron chi connectivity index (χ3n) is 5.46. The van der Waals surface area contributed by atoms with Crippen LogP contribution < -0.4 is 10.2 Å². The monoisotopic (exact) mass is 449 g/mol. The number of sulfonamides is 1. The van der Waals surface area contributed by atoms with Crippen LogP contribution in [0.3, 0.4) is 0 Å². The molecule has 2 aromatic rings. The van der Waals surface area contributed by atoms with E-state index in [0.717, 1.165) is 24.3 Å². The number of carbonyl (C=O) groups excluding carboxylic acids is 1.